The lowest BCUT2D eigenvalue weighted by Crippen LogP contribution is -2.47. The number of β-amino-alcohol motifs (C(OH)–C–C–N with tert-alkyl or cyclic N) is 2. The molecule has 1 aliphatic rings. The van der Waals surface area contributed by atoms with E-state index >= 15 is 0 Å². The van der Waals surface area contributed by atoms with Crippen LogP contribution >= 0.6 is 0 Å². The molecule has 1 rings (SSSR count). The third kappa shape index (κ3) is 3.17. The Morgan fingerprint density at radius 2 is 1.88 bits per heavy atom. The Balaban J connectivity index is 2.45. The Morgan fingerprint density at radius 1 is 1.38 bits per heavy atom. The fourth-order valence-electron chi connectivity index (χ4n) is 1.75. The second-order valence-electron chi connectivity index (χ2n) is 4.58. The van der Waals surface area contributed by atoms with Gasteiger partial charge in [-0.2, -0.15) is 0 Å². The third-order valence-electron chi connectivity index (χ3n) is 3.22. The smallest absolute Gasteiger partial charge is 0.237 e. The van der Waals surface area contributed by atoms with Gasteiger partial charge in [-0.15, -0.1) is 0 Å². The molecule has 3 N–H and O–H groups in total. The molecule has 16 heavy (non-hydrogen) atoms. The first-order valence-electron chi connectivity index (χ1n) is 5.86. The van der Waals surface area contributed by atoms with Gasteiger partial charge in [0.05, 0.1) is 18.2 Å². The fraction of sp³-hybridized carbons (Fsp3) is 0.909. The van der Waals surface area contributed by atoms with Gasteiger partial charge in [-0.25, -0.2) is 0 Å². The van der Waals surface area contributed by atoms with E-state index in [4.69, 9.17) is 0 Å². The molecule has 5 heteroatoms. The van der Waals surface area contributed by atoms with Crippen LogP contribution in [0.4, 0.5) is 0 Å². The van der Waals surface area contributed by atoms with Crippen LogP contribution in [-0.2, 0) is 4.79 Å². The number of likely N-dealkylation sites (tertiary alicyclic amines) is 1. The second kappa shape index (κ2) is 5.61. The molecule has 1 fully saturated rings. The minimum Gasteiger partial charge on any atom is -0.389 e. The monoisotopic (exact) mass is 230 g/mol. The summed E-state index contributed by atoms with van der Waals surface area (Å²) >= 11 is 0. The maximum absolute atomic E-state index is 11.8. The standard InChI is InChI=1S/C11H22N2O3/c1-4-7(2)12-11(16)8(3)13-5-9(14)10(15)6-13/h7-10,14-15H,4-6H2,1-3H3,(H,12,16). The van der Waals surface area contributed by atoms with Crippen molar-refractivity contribution < 1.29 is 15.0 Å². The summed E-state index contributed by atoms with van der Waals surface area (Å²) in [5.41, 5.74) is 0. The van der Waals surface area contributed by atoms with Crippen LogP contribution in [0, 0.1) is 0 Å². The van der Waals surface area contributed by atoms with Gasteiger partial charge in [-0.1, -0.05) is 6.92 Å². The van der Waals surface area contributed by atoms with Gasteiger partial charge in [0.15, 0.2) is 0 Å². The van der Waals surface area contributed by atoms with Crippen molar-refractivity contribution in [1.29, 1.82) is 0 Å². The molecule has 0 aromatic carbocycles. The van der Waals surface area contributed by atoms with Gasteiger partial charge in [0.1, 0.15) is 0 Å². The summed E-state index contributed by atoms with van der Waals surface area (Å²) < 4.78 is 0. The normalized spacial score (nSPS) is 30.1. The van der Waals surface area contributed by atoms with Crippen molar-refractivity contribution in [2.45, 2.75) is 51.5 Å². The first-order chi connectivity index (χ1) is 7.45. The zero-order chi connectivity index (χ0) is 12.3. The van der Waals surface area contributed by atoms with Crippen LogP contribution in [-0.4, -0.2) is 58.4 Å². The third-order valence-corrected chi connectivity index (χ3v) is 3.22. The van der Waals surface area contributed by atoms with E-state index in [2.05, 4.69) is 5.32 Å². The summed E-state index contributed by atoms with van der Waals surface area (Å²) in [4.78, 5) is 13.6. The van der Waals surface area contributed by atoms with E-state index in [0.717, 1.165) is 6.42 Å². The van der Waals surface area contributed by atoms with Crippen molar-refractivity contribution in [3.05, 3.63) is 0 Å². The van der Waals surface area contributed by atoms with E-state index in [9.17, 15) is 15.0 Å². The molecule has 1 saturated heterocycles. The summed E-state index contributed by atoms with van der Waals surface area (Å²) in [5.74, 6) is -0.0457. The van der Waals surface area contributed by atoms with E-state index in [-0.39, 0.29) is 18.0 Å². The summed E-state index contributed by atoms with van der Waals surface area (Å²) in [7, 11) is 0. The molecule has 4 unspecified atom stereocenters. The number of hydrogen-bond donors (Lipinski definition) is 3. The number of carbonyl (C=O) groups excluding carboxylic acids is 1. The van der Waals surface area contributed by atoms with Crippen LogP contribution < -0.4 is 5.32 Å². The quantitative estimate of drug-likeness (QED) is 0.599. The van der Waals surface area contributed by atoms with E-state index in [1.165, 1.54) is 0 Å². The highest BCUT2D eigenvalue weighted by Gasteiger charge is 2.34. The fourth-order valence-corrected chi connectivity index (χ4v) is 1.75. The largest absolute Gasteiger partial charge is 0.389 e. The van der Waals surface area contributed by atoms with Crippen LogP contribution in [0.3, 0.4) is 0 Å². The molecular weight excluding hydrogens is 208 g/mol. The molecule has 0 aromatic rings. The Morgan fingerprint density at radius 3 is 2.31 bits per heavy atom. The molecule has 1 amide bonds. The number of hydrogen-bond acceptors (Lipinski definition) is 4. The van der Waals surface area contributed by atoms with Crippen LogP contribution in [0.25, 0.3) is 0 Å². The van der Waals surface area contributed by atoms with Crippen molar-refractivity contribution >= 4 is 5.91 Å². The van der Waals surface area contributed by atoms with Gasteiger partial charge in [0.25, 0.3) is 0 Å². The van der Waals surface area contributed by atoms with Gasteiger partial charge >= 0.3 is 0 Å². The number of amides is 1. The summed E-state index contributed by atoms with van der Waals surface area (Å²) in [6.45, 7) is 6.48. The topological polar surface area (TPSA) is 72.8 Å². The average Bonchev–Trinajstić information content (AvgIpc) is 2.57. The van der Waals surface area contributed by atoms with Crippen LogP contribution in [0.5, 0.6) is 0 Å². The van der Waals surface area contributed by atoms with E-state index < -0.39 is 12.2 Å². The molecule has 0 radical (unpaired) electrons. The lowest BCUT2D eigenvalue weighted by Gasteiger charge is -2.24. The van der Waals surface area contributed by atoms with Crippen LogP contribution in [0.15, 0.2) is 0 Å². The van der Waals surface area contributed by atoms with Gasteiger partial charge in [0, 0.05) is 19.1 Å². The molecule has 1 aliphatic heterocycles. The Bertz CT molecular complexity index is 237. The number of rotatable bonds is 4. The molecular formula is C11H22N2O3. The molecule has 0 aliphatic carbocycles. The highest BCUT2D eigenvalue weighted by Crippen LogP contribution is 2.13. The zero-order valence-electron chi connectivity index (χ0n) is 10.2. The molecule has 0 bridgehead atoms. The highest BCUT2D eigenvalue weighted by molar-refractivity contribution is 5.81. The Hall–Kier alpha value is -0.650. The number of carbonyl (C=O) groups is 1. The van der Waals surface area contributed by atoms with Crippen molar-refractivity contribution in [2.24, 2.45) is 0 Å². The lowest BCUT2D eigenvalue weighted by atomic mass is 10.2. The molecule has 5 nitrogen and oxygen atoms in total. The maximum atomic E-state index is 11.8. The molecule has 0 saturated carbocycles. The van der Waals surface area contributed by atoms with E-state index in [1.807, 2.05) is 13.8 Å². The Kier molecular flexibility index (Phi) is 4.70. The summed E-state index contributed by atoms with van der Waals surface area (Å²) in [6.07, 6.45) is -0.582. The van der Waals surface area contributed by atoms with Crippen molar-refractivity contribution in [3.8, 4) is 0 Å². The number of nitrogens with one attached hydrogen (secondary N) is 1. The first kappa shape index (κ1) is 13.4. The van der Waals surface area contributed by atoms with E-state index in [1.54, 1.807) is 11.8 Å². The summed E-state index contributed by atoms with van der Waals surface area (Å²) in [5, 5.41) is 21.7. The van der Waals surface area contributed by atoms with Gasteiger partial charge in [-0.3, -0.25) is 9.69 Å². The highest BCUT2D eigenvalue weighted by atomic mass is 16.3. The lowest BCUT2D eigenvalue weighted by molar-refractivity contribution is -0.126. The van der Waals surface area contributed by atoms with Gasteiger partial charge in [-0.05, 0) is 20.3 Å². The first-order valence-corrected chi connectivity index (χ1v) is 5.86. The van der Waals surface area contributed by atoms with Crippen molar-refractivity contribution in [3.63, 3.8) is 0 Å². The van der Waals surface area contributed by atoms with Crippen LogP contribution in [0.1, 0.15) is 27.2 Å². The second-order valence-corrected chi connectivity index (χ2v) is 4.58. The zero-order valence-corrected chi connectivity index (χ0v) is 10.2. The Labute approximate surface area is 96.4 Å². The molecule has 94 valence electrons. The minimum absolute atomic E-state index is 0.0457. The van der Waals surface area contributed by atoms with E-state index in [0.29, 0.717) is 13.1 Å². The molecule has 4 atom stereocenters. The minimum atomic E-state index is -0.737. The maximum Gasteiger partial charge on any atom is 0.237 e. The predicted octanol–water partition coefficient (Wildman–Crippen LogP) is -0.673. The SMILES string of the molecule is CCC(C)NC(=O)C(C)N1CC(O)C(O)C1. The van der Waals surface area contributed by atoms with Crippen molar-refractivity contribution in [2.75, 3.05) is 13.1 Å². The van der Waals surface area contributed by atoms with Crippen molar-refractivity contribution in [1.82, 2.24) is 10.2 Å². The predicted molar refractivity (Wildman–Crippen MR) is 60.9 cm³/mol. The molecule has 0 aromatic heterocycles. The number of aliphatic hydroxyl groups is 2. The molecule has 1 heterocycles. The number of nitrogens with zero attached hydrogens (tertiary/aromatic N) is 1. The van der Waals surface area contributed by atoms with Gasteiger partial charge < -0.3 is 15.5 Å². The summed E-state index contributed by atoms with van der Waals surface area (Å²) in [6, 6.07) is -0.145. The average molecular weight is 230 g/mol. The van der Waals surface area contributed by atoms with Crippen LogP contribution in [0.2, 0.25) is 0 Å². The number of aliphatic hydroxyl groups excluding tert-OH is 2. The molecule has 0 spiro atoms. The van der Waals surface area contributed by atoms with Gasteiger partial charge in [0.2, 0.25) is 5.91 Å².